The molecular weight excluding hydrogens is 326 g/mol. The minimum absolute atomic E-state index is 0.719. The Labute approximate surface area is 125 Å². The van der Waals surface area contributed by atoms with Crippen LogP contribution in [0.1, 0.15) is 5.56 Å². The first-order chi connectivity index (χ1) is 9.29. The van der Waals surface area contributed by atoms with Crippen LogP contribution in [0.25, 0.3) is 0 Å². The van der Waals surface area contributed by atoms with E-state index in [-0.39, 0.29) is 0 Å². The summed E-state index contributed by atoms with van der Waals surface area (Å²) < 4.78 is 6.10. The Morgan fingerprint density at radius 3 is 3.11 bits per heavy atom. The summed E-state index contributed by atoms with van der Waals surface area (Å²) in [6, 6.07) is 6.29. The predicted molar refractivity (Wildman–Crippen MR) is 80.4 cm³/mol. The highest BCUT2D eigenvalue weighted by Crippen LogP contribution is 2.30. The third-order valence-electron chi connectivity index (χ3n) is 2.51. The number of H-pyrrole nitrogens is 1. The van der Waals surface area contributed by atoms with Crippen molar-refractivity contribution >= 4 is 27.7 Å². The molecule has 1 aromatic carbocycles. The molecular formula is C13H16BrN3OS. The largest absolute Gasteiger partial charge is 0.383 e. The van der Waals surface area contributed by atoms with Crippen molar-refractivity contribution in [2.24, 2.45) is 0 Å². The van der Waals surface area contributed by atoms with E-state index in [1.165, 1.54) is 10.5 Å². The van der Waals surface area contributed by atoms with Gasteiger partial charge in [0.25, 0.3) is 0 Å². The lowest BCUT2D eigenvalue weighted by Crippen LogP contribution is -2.18. The Kier molecular flexibility index (Phi) is 5.91. The van der Waals surface area contributed by atoms with E-state index in [4.69, 9.17) is 4.74 Å². The normalized spacial score (nSPS) is 10.8. The zero-order valence-electron chi connectivity index (χ0n) is 10.6. The van der Waals surface area contributed by atoms with E-state index in [1.807, 2.05) is 6.20 Å². The van der Waals surface area contributed by atoms with E-state index in [0.29, 0.717) is 0 Å². The summed E-state index contributed by atoms with van der Waals surface area (Å²) in [5.41, 5.74) is 1.25. The first-order valence-corrected chi connectivity index (χ1v) is 7.56. The second-order valence-electron chi connectivity index (χ2n) is 3.92. The fourth-order valence-electron chi connectivity index (χ4n) is 1.58. The summed E-state index contributed by atoms with van der Waals surface area (Å²) in [4.78, 5) is 8.54. The van der Waals surface area contributed by atoms with Crippen LogP contribution >= 0.6 is 27.7 Å². The minimum Gasteiger partial charge on any atom is -0.383 e. The molecule has 0 fully saturated rings. The molecule has 0 amide bonds. The van der Waals surface area contributed by atoms with Crippen LogP contribution in [0.5, 0.6) is 0 Å². The van der Waals surface area contributed by atoms with Crippen molar-refractivity contribution in [1.29, 1.82) is 0 Å². The summed E-state index contributed by atoms with van der Waals surface area (Å²) in [6.45, 7) is 2.38. The van der Waals surface area contributed by atoms with E-state index in [2.05, 4.69) is 49.4 Å². The number of nitrogens with zero attached hydrogens (tertiary/aromatic N) is 1. The molecule has 1 aromatic heterocycles. The van der Waals surface area contributed by atoms with Gasteiger partial charge in [0.2, 0.25) is 0 Å². The number of halogens is 1. The van der Waals surface area contributed by atoms with Gasteiger partial charge in [-0.3, -0.25) is 0 Å². The third-order valence-corrected chi connectivity index (χ3v) is 4.02. The van der Waals surface area contributed by atoms with Crippen LogP contribution in [0.15, 0.2) is 45.1 Å². The first kappa shape index (κ1) is 14.6. The third kappa shape index (κ3) is 4.65. The zero-order valence-corrected chi connectivity index (χ0v) is 13.1. The highest BCUT2D eigenvalue weighted by Gasteiger charge is 2.06. The van der Waals surface area contributed by atoms with E-state index < -0.39 is 0 Å². The summed E-state index contributed by atoms with van der Waals surface area (Å²) in [5, 5.41) is 4.26. The second-order valence-corrected chi connectivity index (χ2v) is 5.86. The SMILES string of the molecule is COCCNCc1ccc(Br)cc1Sc1ncc[nH]1. The Balaban J connectivity index is 2.04. The zero-order chi connectivity index (χ0) is 13.5. The molecule has 0 aliphatic rings. The Hall–Kier alpha value is -0.820. The number of aromatic amines is 1. The van der Waals surface area contributed by atoms with Crippen LogP contribution in [0.4, 0.5) is 0 Å². The lowest BCUT2D eigenvalue weighted by molar-refractivity contribution is 0.199. The Morgan fingerprint density at radius 2 is 2.37 bits per heavy atom. The summed E-state index contributed by atoms with van der Waals surface area (Å²) in [7, 11) is 1.71. The second kappa shape index (κ2) is 7.69. The summed E-state index contributed by atoms with van der Waals surface area (Å²) >= 11 is 5.14. The lowest BCUT2D eigenvalue weighted by atomic mass is 10.2. The average molecular weight is 342 g/mol. The molecule has 0 saturated heterocycles. The van der Waals surface area contributed by atoms with Crippen LogP contribution in [-0.4, -0.2) is 30.2 Å². The topological polar surface area (TPSA) is 49.9 Å². The molecule has 0 radical (unpaired) electrons. The van der Waals surface area contributed by atoms with Crippen LogP contribution < -0.4 is 5.32 Å². The van der Waals surface area contributed by atoms with Gasteiger partial charge in [0.15, 0.2) is 5.16 Å². The number of nitrogens with one attached hydrogen (secondary N) is 2. The molecule has 0 bridgehead atoms. The van der Waals surface area contributed by atoms with Gasteiger partial charge in [-0.05, 0) is 17.7 Å². The number of rotatable bonds is 7. The van der Waals surface area contributed by atoms with E-state index in [1.54, 1.807) is 25.1 Å². The quantitative estimate of drug-likeness (QED) is 0.760. The Bertz CT molecular complexity index is 505. The number of imidazole rings is 1. The molecule has 2 aromatic rings. The van der Waals surface area contributed by atoms with E-state index >= 15 is 0 Å². The van der Waals surface area contributed by atoms with Crippen molar-refractivity contribution in [2.75, 3.05) is 20.3 Å². The van der Waals surface area contributed by atoms with Gasteiger partial charge in [-0.2, -0.15) is 0 Å². The monoisotopic (exact) mass is 341 g/mol. The molecule has 0 aliphatic carbocycles. The smallest absolute Gasteiger partial charge is 0.170 e. The summed E-state index contributed by atoms with van der Waals surface area (Å²) in [5.74, 6) is 0. The van der Waals surface area contributed by atoms with Crippen molar-refractivity contribution < 1.29 is 4.74 Å². The standard InChI is InChI=1S/C13H16BrN3OS/c1-18-7-6-15-9-10-2-3-11(14)8-12(10)19-13-16-4-5-17-13/h2-5,8,15H,6-7,9H2,1H3,(H,16,17). The van der Waals surface area contributed by atoms with Crippen LogP contribution in [-0.2, 0) is 11.3 Å². The van der Waals surface area contributed by atoms with Gasteiger partial charge in [0.1, 0.15) is 0 Å². The molecule has 0 unspecified atom stereocenters. The lowest BCUT2D eigenvalue weighted by Gasteiger charge is -2.10. The first-order valence-electron chi connectivity index (χ1n) is 5.95. The molecule has 19 heavy (non-hydrogen) atoms. The molecule has 2 rings (SSSR count). The summed E-state index contributed by atoms with van der Waals surface area (Å²) in [6.07, 6.45) is 3.59. The van der Waals surface area contributed by atoms with E-state index in [0.717, 1.165) is 29.3 Å². The maximum Gasteiger partial charge on any atom is 0.170 e. The van der Waals surface area contributed by atoms with Crippen LogP contribution in [0.3, 0.4) is 0 Å². The molecule has 0 atom stereocenters. The van der Waals surface area contributed by atoms with Gasteiger partial charge in [0.05, 0.1) is 6.61 Å². The van der Waals surface area contributed by atoms with E-state index in [9.17, 15) is 0 Å². The molecule has 0 saturated carbocycles. The maximum atomic E-state index is 5.02. The molecule has 0 spiro atoms. The van der Waals surface area contributed by atoms with Crippen molar-refractivity contribution in [1.82, 2.24) is 15.3 Å². The number of ether oxygens (including phenoxy) is 1. The van der Waals surface area contributed by atoms with Crippen molar-refractivity contribution in [3.63, 3.8) is 0 Å². The molecule has 6 heteroatoms. The van der Waals surface area contributed by atoms with Crippen LogP contribution in [0, 0.1) is 0 Å². The molecule has 4 nitrogen and oxygen atoms in total. The highest BCUT2D eigenvalue weighted by molar-refractivity contribution is 9.10. The molecule has 2 N–H and O–H groups in total. The fraction of sp³-hybridized carbons (Fsp3) is 0.308. The van der Waals surface area contributed by atoms with Crippen molar-refractivity contribution in [2.45, 2.75) is 16.6 Å². The number of aromatic nitrogens is 2. The van der Waals surface area contributed by atoms with Crippen molar-refractivity contribution in [3.8, 4) is 0 Å². The number of hydrogen-bond acceptors (Lipinski definition) is 4. The van der Waals surface area contributed by atoms with Crippen LogP contribution in [0.2, 0.25) is 0 Å². The van der Waals surface area contributed by atoms with Gasteiger partial charge >= 0.3 is 0 Å². The molecule has 102 valence electrons. The minimum atomic E-state index is 0.719. The van der Waals surface area contributed by atoms with Gasteiger partial charge in [-0.15, -0.1) is 0 Å². The fourth-order valence-corrected chi connectivity index (χ4v) is 3.00. The number of hydrogen-bond donors (Lipinski definition) is 2. The number of benzene rings is 1. The highest BCUT2D eigenvalue weighted by atomic mass is 79.9. The van der Waals surface area contributed by atoms with Gasteiger partial charge in [-0.1, -0.05) is 33.8 Å². The molecule has 0 aliphatic heterocycles. The van der Waals surface area contributed by atoms with Gasteiger partial charge in [0, 0.05) is 42.0 Å². The van der Waals surface area contributed by atoms with Crippen molar-refractivity contribution in [3.05, 3.63) is 40.6 Å². The average Bonchev–Trinajstić information content (AvgIpc) is 2.90. The Morgan fingerprint density at radius 1 is 1.47 bits per heavy atom. The van der Waals surface area contributed by atoms with Gasteiger partial charge < -0.3 is 15.0 Å². The number of methoxy groups -OCH3 is 1. The predicted octanol–water partition coefficient (Wildman–Crippen LogP) is 3.06. The maximum absolute atomic E-state index is 5.02. The van der Waals surface area contributed by atoms with Gasteiger partial charge in [-0.25, -0.2) is 4.98 Å². The molecule has 1 heterocycles.